The predicted octanol–water partition coefficient (Wildman–Crippen LogP) is 4.02. The molecule has 74 valence electrons. The van der Waals surface area contributed by atoms with Gasteiger partial charge in [0.1, 0.15) is 0 Å². The summed E-state index contributed by atoms with van der Waals surface area (Å²) in [6.45, 7) is 7.24. The molecule has 0 saturated heterocycles. The molecule has 0 aromatic rings. The molecule has 0 aromatic carbocycles. The van der Waals surface area contributed by atoms with E-state index in [2.05, 4.69) is 32.9 Å². The first-order valence-electron chi connectivity index (χ1n) is 5.76. The predicted molar refractivity (Wildman–Crippen MR) is 57.5 cm³/mol. The minimum atomic E-state index is 0.555. The Kier molecular flexibility index (Phi) is 2.25. The van der Waals surface area contributed by atoms with Crippen molar-refractivity contribution in [2.24, 2.45) is 23.2 Å². The van der Waals surface area contributed by atoms with E-state index in [9.17, 15) is 0 Å². The van der Waals surface area contributed by atoms with Gasteiger partial charge in [-0.05, 0) is 48.9 Å². The lowest BCUT2D eigenvalue weighted by Crippen LogP contribution is -2.10. The summed E-state index contributed by atoms with van der Waals surface area (Å²) in [4.78, 5) is 0. The quantitative estimate of drug-likeness (QED) is 0.491. The zero-order chi connectivity index (χ0) is 9.47. The van der Waals surface area contributed by atoms with Crippen LogP contribution in [0.5, 0.6) is 0 Å². The SMILES string of the molecule is CC(C)(C)C1C2CC/C=C/CCC21. The van der Waals surface area contributed by atoms with Crippen molar-refractivity contribution >= 4 is 0 Å². The van der Waals surface area contributed by atoms with E-state index in [0.717, 1.165) is 17.8 Å². The molecular weight excluding hydrogens is 156 g/mol. The molecule has 2 aliphatic rings. The van der Waals surface area contributed by atoms with Gasteiger partial charge in [-0.25, -0.2) is 0 Å². The second-order valence-electron chi connectivity index (χ2n) is 5.85. The van der Waals surface area contributed by atoms with Gasteiger partial charge >= 0.3 is 0 Å². The van der Waals surface area contributed by atoms with E-state index in [4.69, 9.17) is 0 Å². The zero-order valence-electron chi connectivity index (χ0n) is 9.22. The molecule has 0 heterocycles. The van der Waals surface area contributed by atoms with E-state index in [-0.39, 0.29) is 0 Å². The van der Waals surface area contributed by atoms with Crippen LogP contribution in [0.1, 0.15) is 46.5 Å². The van der Waals surface area contributed by atoms with Crippen LogP contribution in [0.25, 0.3) is 0 Å². The molecule has 0 bridgehead atoms. The molecule has 2 unspecified atom stereocenters. The molecule has 13 heavy (non-hydrogen) atoms. The van der Waals surface area contributed by atoms with Gasteiger partial charge in [-0.2, -0.15) is 0 Å². The van der Waals surface area contributed by atoms with Crippen molar-refractivity contribution in [3.8, 4) is 0 Å². The normalized spacial score (nSPS) is 41.6. The van der Waals surface area contributed by atoms with Gasteiger partial charge in [0, 0.05) is 0 Å². The van der Waals surface area contributed by atoms with E-state index in [1.165, 1.54) is 25.7 Å². The number of hydrogen-bond acceptors (Lipinski definition) is 0. The van der Waals surface area contributed by atoms with Crippen LogP contribution >= 0.6 is 0 Å². The highest BCUT2D eigenvalue weighted by molar-refractivity contribution is 5.05. The van der Waals surface area contributed by atoms with Crippen LogP contribution in [0.2, 0.25) is 0 Å². The van der Waals surface area contributed by atoms with Crippen LogP contribution < -0.4 is 0 Å². The maximum Gasteiger partial charge on any atom is -0.0303 e. The van der Waals surface area contributed by atoms with Crippen molar-refractivity contribution < 1.29 is 0 Å². The smallest absolute Gasteiger partial charge is 0.0303 e. The minimum Gasteiger partial charge on any atom is -0.0885 e. The third-order valence-electron chi connectivity index (χ3n) is 3.83. The Morgan fingerprint density at radius 3 is 1.77 bits per heavy atom. The standard InChI is InChI=1S/C13H22/c1-13(2,3)12-10-8-6-4-5-7-9-11(10)12/h4-5,10-12H,6-9H2,1-3H3/b5-4+. The number of hydrogen-bond donors (Lipinski definition) is 0. The van der Waals surface area contributed by atoms with Crippen molar-refractivity contribution in [2.45, 2.75) is 46.5 Å². The van der Waals surface area contributed by atoms with E-state index >= 15 is 0 Å². The summed E-state index contributed by atoms with van der Waals surface area (Å²) in [6, 6.07) is 0. The fourth-order valence-corrected chi connectivity index (χ4v) is 3.33. The second-order valence-corrected chi connectivity index (χ2v) is 5.85. The Bertz CT molecular complexity index is 191. The van der Waals surface area contributed by atoms with Gasteiger partial charge in [0.15, 0.2) is 0 Å². The van der Waals surface area contributed by atoms with E-state index in [1.54, 1.807) is 0 Å². The van der Waals surface area contributed by atoms with Crippen molar-refractivity contribution in [1.82, 2.24) is 0 Å². The molecular formula is C13H22. The summed E-state index contributed by atoms with van der Waals surface area (Å²) in [7, 11) is 0. The fraction of sp³-hybridized carbons (Fsp3) is 0.846. The van der Waals surface area contributed by atoms with E-state index in [0.29, 0.717) is 5.41 Å². The maximum atomic E-state index is 2.41. The van der Waals surface area contributed by atoms with Gasteiger partial charge in [0.05, 0.1) is 0 Å². The van der Waals surface area contributed by atoms with Crippen molar-refractivity contribution in [2.75, 3.05) is 0 Å². The van der Waals surface area contributed by atoms with Crippen LogP contribution in [-0.2, 0) is 0 Å². The topological polar surface area (TPSA) is 0 Å². The van der Waals surface area contributed by atoms with Gasteiger partial charge in [-0.1, -0.05) is 32.9 Å². The number of allylic oxidation sites excluding steroid dienone is 2. The van der Waals surface area contributed by atoms with Gasteiger partial charge in [0.25, 0.3) is 0 Å². The molecule has 2 rings (SSSR count). The first kappa shape index (κ1) is 9.30. The Balaban J connectivity index is 1.99. The van der Waals surface area contributed by atoms with Crippen LogP contribution in [0, 0.1) is 23.2 Å². The molecule has 0 N–H and O–H groups in total. The molecule has 0 nitrogen and oxygen atoms in total. The van der Waals surface area contributed by atoms with Gasteiger partial charge in [0.2, 0.25) is 0 Å². The van der Waals surface area contributed by atoms with Crippen molar-refractivity contribution in [3.63, 3.8) is 0 Å². The first-order valence-corrected chi connectivity index (χ1v) is 5.76. The van der Waals surface area contributed by atoms with Crippen LogP contribution in [-0.4, -0.2) is 0 Å². The Hall–Kier alpha value is -0.260. The molecule has 0 aliphatic heterocycles. The Labute approximate surface area is 82.4 Å². The van der Waals surface area contributed by atoms with Crippen LogP contribution in [0.3, 0.4) is 0 Å². The Morgan fingerprint density at radius 2 is 1.38 bits per heavy atom. The van der Waals surface area contributed by atoms with E-state index in [1.807, 2.05) is 0 Å². The molecule has 2 atom stereocenters. The maximum absolute atomic E-state index is 2.41. The highest BCUT2D eigenvalue weighted by Crippen LogP contribution is 2.60. The molecule has 0 amide bonds. The van der Waals surface area contributed by atoms with Gasteiger partial charge in [-0.15, -0.1) is 0 Å². The lowest BCUT2D eigenvalue weighted by molar-refractivity contribution is 0.313. The highest BCUT2D eigenvalue weighted by atomic mass is 14.6. The van der Waals surface area contributed by atoms with Gasteiger partial charge in [-0.3, -0.25) is 0 Å². The molecule has 0 aromatic heterocycles. The summed E-state index contributed by atoms with van der Waals surface area (Å²) >= 11 is 0. The zero-order valence-corrected chi connectivity index (χ0v) is 9.22. The minimum absolute atomic E-state index is 0.555. The third-order valence-corrected chi connectivity index (χ3v) is 3.83. The van der Waals surface area contributed by atoms with Crippen LogP contribution in [0.4, 0.5) is 0 Å². The average Bonchev–Trinajstić information content (AvgIpc) is 2.59. The molecule has 0 spiro atoms. The Morgan fingerprint density at radius 1 is 0.923 bits per heavy atom. The van der Waals surface area contributed by atoms with Crippen molar-refractivity contribution in [1.29, 1.82) is 0 Å². The highest BCUT2D eigenvalue weighted by Gasteiger charge is 2.53. The molecule has 0 radical (unpaired) electrons. The second kappa shape index (κ2) is 3.15. The summed E-state index contributed by atoms with van der Waals surface area (Å²) in [5, 5.41) is 0. The monoisotopic (exact) mass is 178 g/mol. The number of fused-ring (bicyclic) bond motifs is 1. The third kappa shape index (κ3) is 1.82. The molecule has 0 heteroatoms. The lowest BCUT2D eigenvalue weighted by Gasteiger charge is -2.18. The van der Waals surface area contributed by atoms with Crippen LogP contribution in [0.15, 0.2) is 12.2 Å². The number of rotatable bonds is 0. The summed E-state index contributed by atoms with van der Waals surface area (Å²) in [6.07, 6.45) is 10.3. The largest absolute Gasteiger partial charge is 0.0885 e. The van der Waals surface area contributed by atoms with Gasteiger partial charge < -0.3 is 0 Å². The first-order chi connectivity index (χ1) is 6.11. The molecule has 2 aliphatic carbocycles. The molecule has 1 fully saturated rings. The fourth-order valence-electron chi connectivity index (χ4n) is 3.33. The van der Waals surface area contributed by atoms with Crippen molar-refractivity contribution in [3.05, 3.63) is 12.2 Å². The molecule has 1 saturated carbocycles. The van der Waals surface area contributed by atoms with E-state index < -0.39 is 0 Å². The summed E-state index contributed by atoms with van der Waals surface area (Å²) in [5.41, 5.74) is 0.555. The lowest BCUT2D eigenvalue weighted by atomic mass is 9.87. The average molecular weight is 178 g/mol. The summed E-state index contributed by atoms with van der Waals surface area (Å²) < 4.78 is 0. The summed E-state index contributed by atoms with van der Waals surface area (Å²) in [5.74, 6) is 3.14.